The van der Waals surface area contributed by atoms with E-state index < -0.39 is 0 Å². The normalized spacial score (nSPS) is 42.3. The molecule has 3 saturated carbocycles. The molecule has 2 aromatic rings. The first kappa shape index (κ1) is 19.9. The zero-order chi connectivity index (χ0) is 22.9. The van der Waals surface area contributed by atoms with Gasteiger partial charge in [0.25, 0.3) is 5.91 Å². The predicted molar refractivity (Wildman–Crippen MR) is 130 cm³/mol. The number of piperidine rings is 1. The molecular weight excluding hydrogens is 422 g/mol. The van der Waals surface area contributed by atoms with Crippen LogP contribution in [-0.4, -0.2) is 66.1 Å². The van der Waals surface area contributed by atoms with Crippen LogP contribution in [0, 0.1) is 22.7 Å². The predicted octanol–water partition coefficient (Wildman–Crippen LogP) is 3.03. The van der Waals surface area contributed by atoms with Gasteiger partial charge in [-0.2, -0.15) is 0 Å². The van der Waals surface area contributed by atoms with Gasteiger partial charge in [0.05, 0.1) is 0 Å². The maximum atomic E-state index is 13.7. The summed E-state index contributed by atoms with van der Waals surface area (Å²) in [6.07, 6.45) is 4.72. The number of likely N-dealkylation sites (N-methyl/N-ethyl adjacent to an activating group) is 1. The van der Waals surface area contributed by atoms with Crippen LogP contribution in [0.4, 0.5) is 0 Å². The van der Waals surface area contributed by atoms with E-state index >= 15 is 0 Å². The van der Waals surface area contributed by atoms with Gasteiger partial charge in [-0.15, -0.1) is 0 Å². The lowest BCUT2D eigenvalue weighted by Crippen LogP contribution is -2.91. The van der Waals surface area contributed by atoms with E-state index in [1.807, 2.05) is 36.4 Å². The van der Waals surface area contributed by atoms with Crippen molar-refractivity contribution in [2.24, 2.45) is 22.7 Å². The molecule has 4 aliphatic carbocycles. The van der Waals surface area contributed by atoms with Crippen LogP contribution in [0.5, 0.6) is 5.75 Å². The number of rotatable bonds is 4. The van der Waals surface area contributed by atoms with Crippen LogP contribution in [-0.2, 0) is 11.8 Å². The summed E-state index contributed by atoms with van der Waals surface area (Å²) in [7, 11) is 2.05. The number of carbonyl (C=O) groups is 1. The molecule has 2 bridgehead atoms. The van der Waals surface area contributed by atoms with Crippen molar-refractivity contribution in [1.82, 2.24) is 15.1 Å². The SMILES string of the molecule is CNCCN1CC23Cc4ccc(O)cc4C24C2C5CCC4(C[C@@H]2CN5C(=O)c2ccccc2)C13. The molecule has 6 aliphatic rings. The van der Waals surface area contributed by atoms with Gasteiger partial charge in [-0.25, -0.2) is 0 Å². The largest absolute Gasteiger partial charge is 0.508 e. The number of hydrogen-bond donors (Lipinski definition) is 2. The Morgan fingerprint density at radius 2 is 2.03 bits per heavy atom. The Balaban J connectivity index is 1.25. The first-order valence-electron chi connectivity index (χ1n) is 13.1. The van der Waals surface area contributed by atoms with Crippen molar-refractivity contribution in [1.29, 1.82) is 0 Å². The second-order valence-corrected chi connectivity index (χ2v) is 12.0. The summed E-state index contributed by atoms with van der Waals surface area (Å²) in [6.45, 7) is 4.23. The lowest BCUT2D eigenvalue weighted by atomic mass is 9.27. The summed E-state index contributed by atoms with van der Waals surface area (Å²) >= 11 is 0. The van der Waals surface area contributed by atoms with E-state index in [4.69, 9.17) is 0 Å². The molecule has 6 unspecified atom stereocenters. The van der Waals surface area contributed by atoms with E-state index in [1.165, 1.54) is 30.5 Å². The number of fused-ring (bicyclic) bond motifs is 1. The summed E-state index contributed by atoms with van der Waals surface area (Å²) < 4.78 is 0. The molecule has 7 atom stereocenters. The third kappa shape index (κ3) is 1.88. The summed E-state index contributed by atoms with van der Waals surface area (Å²) in [5, 5.41) is 14.0. The molecular formula is C29H33N3O2. The van der Waals surface area contributed by atoms with E-state index in [2.05, 4.69) is 34.3 Å². The van der Waals surface area contributed by atoms with Crippen LogP contribution >= 0.6 is 0 Å². The number of hydrogen-bond acceptors (Lipinski definition) is 4. The molecule has 5 heteroatoms. The zero-order valence-corrected chi connectivity index (χ0v) is 19.8. The lowest BCUT2D eigenvalue weighted by molar-refractivity contribution is -0.321. The highest BCUT2D eigenvalue weighted by atomic mass is 16.3. The van der Waals surface area contributed by atoms with Crippen molar-refractivity contribution >= 4 is 5.91 Å². The maximum Gasteiger partial charge on any atom is 0.254 e. The van der Waals surface area contributed by atoms with Gasteiger partial charge in [0.2, 0.25) is 0 Å². The van der Waals surface area contributed by atoms with E-state index in [0.717, 1.165) is 38.0 Å². The summed E-state index contributed by atoms with van der Waals surface area (Å²) in [5.41, 5.74) is 4.47. The molecule has 2 spiro atoms. The minimum absolute atomic E-state index is 0.133. The lowest BCUT2D eigenvalue weighted by Gasteiger charge is -2.84. The van der Waals surface area contributed by atoms with Gasteiger partial charge in [0, 0.05) is 54.7 Å². The highest BCUT2D eigenvalue weighted by Gasteiger charge is 2.93. The number of nitrogens with zero attached hydrogens (tertiary/aromatic N) is 2. The number of phenols is 1. The Hall–Kier alpha value is -2.37. The number of carbonyl (C=O) groups excluding carboxylic acids is 1. The Morgan fingerprint density at radius 1 is 1.18 bits per heavy atom. The minimum Gasteiger partial charge on any atom is -0.508 e. The van der Waals surface area contributed by atoms with Crippen molar-refractivity contribution < 1.29 is 9.90 Å². The molecule has 0 aromatic heterocycles. The highest BCUT2D eigenvalue weighted by molar-refractivity contribution is 5.94. The van der Waals surface area contributed by atoms with Crippen LogP contribution < -0.4 is 5.32 Å². The third-order valence-electron chi connectivity index (χ3n) is 11.2. The molecule has 5 fully saturated rings. The molecule has 2 aromatic carbocycles. The van der Waals surface area contributed by atoms with Gasteiger partial charge in [-0.3, -0.25) is 9.69 Å². The average Bonchev–Trinajstić information content (AvgIpc) is 3.35. The fourth-order valence-corrected chi connectivity index (χ4v) is 10.9. The van der Waals surface area contributed by atoms with Crippen molar-refractivity contribution in [3.63, 3.8) is 0 Å². The fraction of sp³-hybridized carbons (Fsp3) is 0.552. The number of benzene rings is 2. The van der Waals surface area contributed by atoms with Gasteiger partial charge < -0.3 is 15.3 Å². The maximum absolute atomic E-state index is 13.7. The molecule has 2 N–H and O–H groups in total. The van der Waals surface area contributed by atoms with E-state index in [0.29, 0.717) is 40.5 Å². The van der Waals surface area contributed by atoms with E-state index in [-0.39, 0.29) is 11.3 Å². The van der Waals surface area contributed by atoms with Crippen molar-refractivity contribution in [3.05, 3.63) is 65.2 Å². The quantitative estimate of drug-likeness (QED) is 0.744. The number of aromatic hydroxyl groups is 1. The Labute approximate surface area is 201 Å². The van der Waals surface area contributed by atoms with E-state index in [1.54, 1.807) is 0 Å². The standard InChI is InChI=1S/C29H33N3O2/c1-30-11-12-31-17-28-14-19-7-8-21(33)13-22(19)29(28)24-20-15-27(29,26(28)31)10-9-23(24)32(16-20)25(34)18-5-3-2-4-6-18/h2-8,13,20,23-24,26,30,33H,9-12,14-17H2,1H3/t20-,23?,24?,26?,27?,28?,29?/m1/s1. The van der Waals surface area contributed by atoms with Crippen LogP contribution in [0.25, 0.3) is 0 Å². The van der Waals surface area contributed by atoms with Crippen LogP contribution in [0.2, 0.25) is 0 Å². The molecule has 176 valence electrons. The van der Waals surface area contributed by atoms with Crippen molar-refractivity contribution in [3.8, 4) is 5.75 Å². The summed E-state index contributed by atoms with van der Waals surface area (Å²) in [5.74, 6) is 1.72. The minimum atomic E-state index is 0.133. The Morgan fingerprint density at radius 3 is 2.85 bits per heavy atom. The first-order chi connectivity index (χ1) is 16.6. The van der Waals surface area contributed by atoms with Gasteiger partial charge in [-0.1, -0.05) is 24.3 Å². The second kappa shape index (κ2) is 6.24. The number of likely N-dealkylation sites (tertiary alicyclic amines) is 2. The molecule has 5 nitrogen and oxygen atoms in total. The number of amides is 1. The van der Waals surface area contributed by atoms with Gasteiger partial charge in [0.15, 0.2) is 0 Å². The van der Waals surface area contributed by atoms with Gasteiger partial charge >= 0.3 is 0 Å². The molecule has 2 saturated heterocycles. The first-order valence-corrected chi connectivity index (χ1v) is 13.1. The highest BCUT2D eigenvalue weighted by Crippen LogP contribution is 2.90. The van der Waals surface area contributed by atoms with E-state index in [9.17, 15) is 9.90 Å². The van der Waals surface area contributed by atoms with Crippen molar-refractivity contribution in [2.75, 3.05) is 33.2 Å². The van der Waals surface area contributed by atoms with Crippen LogP contribution in [0.15, 0.2) is 48.5 Å². The van der Waals surface area contributed by atoms with Crippen LogP contribution in [0.1, 0.15) is 40.7 Å². The second-order valence-electron chi connectivity index (χ2n) is 12.0. The fourth-order valence-electron chi connectivity index (χ4n) is 10.9. The molecule has 2 heterocycles. The molecule has 0 radical (unpaired) electrons. The molecule has 34 heavy (non-hydrogen) atoms. The Kier molecular flexibility index (Phi) is 3.65. The molecule has 2 aliphatic heterocycles. The van der Waals surface area contributed by atoms with Crippen LogP contribution in [0.3, 0.4) is 0 Å². The third-order valence-corrected chi connectivity index (χ3v) is 11.2. The van der Waals surface area contributed by atoms with Gasteiger partial charge in [0.1, 0.15) is 5.75 Å². The summed E-state index contributed by atoms with van der Waals surface area (Å²) in [4.78, 5) is 18.7. The Bertz CT molecular complexity index is 1220. The number of nitrogens with one attached hydrogen (secondary N) is 1. The monoisotopic (exact) mass is 455 g/mol. The average molecular weight is 456 g/mol. The molecule has 8 rings (SSSR count). The van der Waals surface area contributed by atoms with Crippen molar-refractivity contribution in [2.45, 2.75) is 43.2 Å². The summed E-state index contributed by atoms with van der Waals surface area (Å²) in [6, 6.07) is 17.1. The topological polar surface area (TPSA) is 55.8 Å². The number of phenolic OH excluding ortho intramolecular Hbond substituents is 1. The zero-order valence-electron chi connectivity index (χ0n) is 19.8. The smallest absolute Gasteiger partial charge is 0.254 e. The van der Waals surface area contributed by atoms with Gasteiger partial charge in [-0.05, 0) is 85.4 Å². The molecule has 1 amide bonds.